The molecule has 35 heavy (non-hydrogen) atoms. The zero-order valence-corrected chi connectivity index (χ0v) is 23.7. The monoisotopic (exact) mass is 585 g/mol. The molecule has 0 aliphatic rings. The van der Waals surface area contributed by atoms with Crippen LogP contribution in [0.5, 0.6) is 0 Å². The van der Waals surface area contributed by atoms with Crippen LogP contribution in [0.25, 0.3) is 0 Å². The van der Waals surface area contributed by atoms with Gasteiger partial charge in [0.25, 0.3) is 0 Å². The van der Waals surface area contributed by atoms with Gasteiger partial charge in [-0.05, 0) is 61.2 Å². The normalized spacial score (nSPS) is 12.3. The Hall–Kier alpha value is -2.10. The molecule has 0 bridgehead atoms. The second-order valence-corrected chi connectivity index (χ2v) is 12.1. The minimum Gasteiger partial charge on any atom is -0.354 e. The first-order chi connectivity index (χ1) is 16.4. The van der Waals surface area contributed by atoms with Gasteiger partial charge in [-0.25, -0.2) is 8.42 Å². The van der Waals surface area contributed by atoms with Gasteiger partial charge in [0.1, 0.15) is 6.04 Å². The highest BCUT2D eigenvalue weighted by Gasteiger charge is 2.26. The van der Waals surface area contributed by atoms with Crippen LogP contribution in [0.1, 0.15) is 39.2 Å². The van der Waals surface area contributed by atoms with E-state index in [2.05, 4.69) is 21.2 Å². The molecule has 1 N–H and O–H groups in total. The minimum atomic E-state index is -3.55. The smallest absolute Gasteiger partial charge is 0.242 e. The van der Waals surface area contributed by atoms with Crippen molar-refractivity contribution in [1.82, 2.24) is 10.2 Å². The third-order valence-corrected chi connectivity index (χ3v) is 7.36. The van der Waals surface area contributed by atoms with Gasteiger partial charge in [-0.1, -0.05) is 53.5 Å². The van der Waals surface area contributed by atoms with Crippen LogP contribution < -0.4 is 9.62 Å². The van der Waals surface area contributed by atoms with E-state index in [1.807, 2.05) is 38.1 Å². The van der Waals surface area contributed by atoms with Crippen LogP contribution in [-0.2, 0) is 26.2 Å². The van der Waals surface area contributed by atoms with Crippen LogP contribution in [0.4, 0.5) is 5.69 Å². The van der Waals surface area contributed by atoms with Crippen molar-refractivity contribution < 1.29 is 18.0 Å². The molecule has 10 heteroatoms. The lowest BCUT2D eigenvalue weighted by Gasteiger charge is -2.29. The summed E-state index contributed by atoms with van der Waals surface area (Å²) in [5.74, 6) is -0.149. The second-order valence-electron chi connectivity index (χ2n) is 8.88. The van der Waals surface area contributed by atoms with Crippen LogP contribution in [0.3, 0.4) is 0 Å². The van der Waals surface area contributed by atoms with Crippen molar-refractivity contribution in [2.75, 3.05) is 23.7 Å². The van der Waals surface area contributed by atoms with Gasteiger partial charge in [-0.3, -0.25) is 13.9 Å². The van der Waals surface area contributed by atoms with Gasteiger partial charge in [0.05, 0.1) is 11.9 Å². The van der Waals surface area contributed by atoms with Gasteiger partial charge >= 0.3 is 0 Å². The van der Waals surface area contributed by atoms with Crippen molar-refractivity contribution in [2.45, 2.75) is 46.2 Å². The summed E-state index contributed by atoms with van der Waals surface area (Å²) in [7, 11) is -3.55. The van der Waals surface area contributed by atoms with Crippen molar-refractivity contribution in [3.8, 4) is 0 Å². The van der Waals surface area contributed by atoms with Crippen LogP contribution in [0.15, 0.2) is 53.0 Å². The molecule has 7 nitrogen and oxygen atoms in total. The molecule has 2 aromatic rings. The fourth-order valence-electron chi connectivity index (χ4n) is 3.43. The average molecular weight is 587 g/mol. The summed E-state index contributed by atoms with van der Waals surface area (Å²) in [4.78, 5) is 27.6. The van der Waals surface area contributed by atoms with Crippen LogP contribution >= 0.6 is 27.5 Å². The molecule has 2 rings (SSSR count). The number of halogens is 2. The third kappa shape index (κ3) is 9.46. The number of carbonyl (C=O) groups excluding carboxylic acids is 2. The van der Waals surface area contributed by atoms with Gasteiger partial charge < -0.3 is 10.2 Å². The van der Waals surface area contributed by atoms with E-state index in [9.17, 15) is 18.0 Å². The second kappa shape index (κ2) is 13.3. The van der Waals surface area contributed by atoms with E-state index in [-0.39, 0.29) is 37.2 Å². The zero-order chi connectivity index (χ0) is 26.2. The largest absolute Gasteiger partial charge is 0.354 e. The van der Waals surface area contributed by atoms with E-state index in [0.29, 0.717) is 23.7 Å². The molecule has 0 radical (unpaired) electrons. The van der Waals surface area contributed by atoms with E-state index in [1.54, 1.807) is 36.1 Å². The Labute approximate surface area is 222 Å². The molecule has 0 aliphatic carbocycles. The van der Waals surface area contributed by atoms with E-state index in [0.717, 1.165) is 16.3 Å². The number of rotatable bonds is 12. The highest BCUT2D eigenvalue weighted by atomic mass is 79.9. The molecular weight excluding hydrogens is 554 g/mol. The number of benzene rings is 2. The van der Waals surface area contributed by atoms with Crippen molar-refractivity contribution >= 4 is 55.1 Å². The topological polar surface area (TPSA) is 86.8 Å². The van der Waals surface area contributed by atoms with Crippen LogP contribution in [0.2, 0.25) is 5.02 Å². The molecule has 0 fully saturated rings. The lowest BCUT2D eigenvalue weighted by molar-refractivity contribution is -0.140. The van der Waals surface area contributed by atoms with Gasteiger partial charge in [0.2, 0.25) is 21.8 Å². The summed E-state index contributed by atoms with van der Waals surface area (Å²) < 4.78 is 26.9. The summed E-state index contributed by atoms with van der Waals surface area (Å²) in [5.41, 5.74) is 1.38. The molecular formula is C25H33BrClN3O4S. The highest BCUT2D eigenvalue weighted by molar-refractivity contribution is 9.10. The predicted octanol–water partition coefficient (Wildman–Crippen LogP) is 4.84. The maximum absolute atomic E-state index is 13.3. The van der Waals surface area contributed by atoms with E-state index in [4.69, 9.17) is 11.6 Å². The first-order valence-corrected chi connectivity index (χ1v) is 14.4. The zero-order valence-electron chi connectivity index (χ0n) is 20.5. The molecule has 0 saturated heterocycles. The Morgan fingerprint density at radius 2 is 1.63 bits per heavy atom. The van der Waals surface area contributed by atoms with Crippen molar-refractivity contribution in [1.29, 1.82) is 0 Å². The fourth-order valence-corrected chi connectivity index (χ4v) is 4.79. The Bertz CT molecular complexity index is 1090. The Balaban J connectivity index is 2.14. The number of carbonyl (C=O) groups is 2. The summed E-state index contributed by atoms with van der Waals surface area (Å²) in [6, 6.07) is 13.4. The molecule has 2 amide bonds. The number of nitrogens with zero attached hydrogens (tertiary/aromatic N) is 2. The SMILES string of the molecule is CC(C)CNC(=O)C(C)N(Cc1ccc(Br)cc1)C(=O)CCCN(c1ccc(Cl)cc1)S(C)(=O)=O. The number of anilines is 1. The predicted molar refractivity (Wildman–Crippen MR) is 145 cm³/mol. The Kier molecular flexibility index (Phi) is 11.0. The first-order valence-electron chi connectivity index (χ1n) is 11.4. The molecule has 0 saturated carbocycles. The minimum absolute atomic E-state index is 0.0952. The van der Waals surface area contributed by atoms with Gasteiger partial charge in [-0.2, -0.15) is 0 Å². The number of sulfonamides is 1. The molecule has 1 atom stereocenters. The Morgan fingerprint density at radius 1 is 1.03 bits per heavy atom. The molecule has 0 heterocycles. The standard InChI is InChI=1S/C25H33BrClN3O4S/c1-18(2)16-28-25(32)19(3)29(17-20-7-9-21(26)10-8-20)24(31)6-5-15-30(35(4,33)34)23-13-11-22(27)12-14-23/h7-14,18-19H,5-6,15-17H2,1-4H3,(H,28,32). The maximum Gasteiger partial charge on any atom is 0.242 e. The molecule has 2 aromatic carbocycles. The summed E-state index contributed by atoms with van der Waals surface area (Å²) in [6.07, 6.45) is 1.52. The number of hydrogen-bond donors (Lipinski definition) is 1. The summed E-state index contributed by atoms with van der Waals surface area (Å²) >= 11 is 9.34. The lowest BCUT2D eigenvalue weighted by atomic mass is 10.1. The van der Waals surface area contributed by atoms with Crippen LogP contribution in [0, 0.1) is 5.92 Å². The molecule has 0 aliphatic heterocycles. The summed E-state index contributed by atoms with van der Waals surface area (Å²) in [6.45, 7) is 6.65. The quantitative estimate of drug-likeness (QED) is 0.386. The number of amides is 2. The van der Waals surface area contributed by atoms with Crippen molar-refractivity contribution in [3.05, 3.63) is 63.6 Å². The van der Waals surface area contributed by atoms with Crippen molar-refractivity contribution in [3.63, 3.8) is 0 Å². The van der Waals surface area contributed by atoms with Crippen LogP contribution in [-0.4, -0.2) is 50.5 Å². The van der Waals surface area contributed by atoms with E-state index >= 15 is 0 Å². The van der Waals surface area contributed by atoms with Crippen molar-refractivity contribution in [2.24, 2.45) is 5.92 Å². The first kappa shape index (κ1) is 29.1. The lowest BCUT2D eigenvalue weighted by Crippen LogP contribution is -2.48. The number of hydrogen-bond acceptors (Lipinski definition) is 4. The molecule has 0 spiro atoms. The van der Waals surface area contributed by atoms with E-state index in [1.165, 1.54) is 4.31 Å². The maximum atomic E-state index is 13.3. The fraction of sp³-hybridized carbons (Fsp3) is 0.440. The molecule has 0 aromatic heterocycles. The summed E-state index contributed by atoms with van der Waals surface area (Å²) in [5, 5.41) is 3.40. The third-order valence-electron chi connectivity index (χ3n) is 5.38. The number of nitrogens with one attached hydrogen (secondary N) is 1. The van der Waals surface area contributed by atoms with Gasteiger partial charge in [0, 0.05) is 35.6 Å². The highest BCUT2D eigenvalue weighted by Crippen LogP contribution is 2.21. The van der Waals surface area contributed by atoms with Gasteiger partial charge in [0.15, 0.2) is 0 Å². The molecule has 1 unspecified atom stereocenters. The average Bonchev–Trinajstić information content (AvgIpc) is 2.79. The van der Waals surface area contributed by atoms with Gasteiger partial charge in [-0.15, -0.1) is 0 Å². The van der Waals surface area contributed by atoms with E-state index < -0.39 is 16.1 Å². The Morgan fingerprint density at radius 3 is 2.17 bits per heavy atom. The molecule has 192 valence electrons.